The predicted octanol–water partition coefficient (Wildman–Crippen LogP) is 4.60. The van der Waals surface area contributed by atoms with E-state index in [1.54, 1.807) is 9.80 Å². The lowest BCUT2D eigenvalue weighted by molar-refractivity contribution is -0.124. The monoisotopic (exact) mass is 470 g/mol. The van der Waals surface area contributed by atoms with Crippen molar-refractivity contribution in [3.63, 3.8) is 0 Å². The van der Waals surface area contributed by atoms with Gasteiger partial charge in [-0.05, 0) is 57.7 Å². The number of nitrogens with zero attached hydrogens (tertiary/aromatic N) is 4. The molecule has 32 heavy (non-hydrogen) atoms. The van der Waals surface area contributed by atoms with Gasteiger partial charge in [0.15, 0.2) is 5.13 Å². The zero-order valence-electron chi connectivity index (χ0n) is 18.5. The van der Waals surface area contributed by atoms with Crippen molar-refractivity contribution in [2.75, 3.05) is 43.5 Å². The quantitative estimate of drug-likeness (QED) is 0.506. The molecule has 1 unspecified atom stereocenters. The summed E-state index contributed by atoms with van der Waals surface area (Å²) >= 11 is 7.85. The number of rotatable bonds is 7. The fourth-order valence-electron chi connectivity index (χ4n) is 4.00. The van der Waals surface area contributed by atoms with Crippen LogP contribution in [0.5, 0.6) is 0 Å². The molecule has 168 valence electrons. The van der Waals surface area contributed by atoms with Gasteiger partial charge in [-0.2, -0.15) is 0 Å². The normalized spacial score (nSPS) is 16.3. The molecule has 3 aromatic rings. The molecule has 1 aliphatic rings. The average Bonchev–Trinajstić information content (AvgIpc) is 3.39. The highest BCUT2D eigenvalue weighted by molar-refractivity contribution is 7.23. The Bertz CT molecular complexity index is 1090. The summed E-state index contributed by atoms with van der Waals surface area (Å²) in [5.74, 6) is -0.472. The van der Waals surface area contributed by atoms with Crippen LogP contribution >= 0.6 is 22.9 Å². The van der Waals surface area contributed by atoms with Gasteiger partial charge < -0.3 is 9.80 Å². The van der Waals surface area contributed by atoms with E-state index in [0.29, 0.717) is 23.2 Å². The number of thiazole rings is 1. The van der Waals surface area contributed by atoms with Gasteiger partial charge in [0.25, 0.3) is 0 Å². The van der Waals surface area contributed by atoms with Crippen molar-refractivity contribution >= 4 is 55.8 Å². The molecule has 1 aromatic heterocycles. The van der Waals surface area contributed by atoms with Gasteiger partial charge in [0.05, 0.1) is 21.2 Å². The topological polar surface area (TPSA) is 56.8 Å². The van der Waals surface area contributed by atoms with Crippen LogP contribution in [0, 0.1) is 12.8 Å². The van der Waals surface area contributed by atoms with E-state index in [0.717, 1.165) is 34.4 Å². The van der Waals surface area contributed by atoms with E-state index >= 15 is 0 Å². The van der Waals surface area contributed by atoms with Crippen LogP contribution in [0.2, 0.25) is 5.02 Å². The lowest BCUT2D eigenvalue weighted by atomic mass is 10.1. The predicted molar refractivity (Wildman–Crippen MR) is 132 cm³/mol. The van der Waals surface area contributed by atoms with E-state index in [-0.39, 0.29) is 18.2 Å². The van der Waals surface area contributed by atoms with E-state index < -0.39 is 5.92 Å². The van der Waals surface area contributed by atoms with Crippen LogP contribution in [-0.2, 0) is 9.59 Å². The smallest absolute Gasteiger partial charge is 0.234 e. The molecule has 0 saturated carbocycles. The number of halogens is 1. The first-order valence-corrected chi connectivity index (χ1v) is 11.9. The molecule has 6 nitrogen and oxygen atoms in total. The minimum Gasteiger partial charge on any atom is -0.312 e. The molecule has 0 aliphatic carbocycles. The van der Waals surface area contributed by atoms with Crippen LogP contribution in [0.25, 0.3) is 10.2 Å². The maximum Gasteiger partial charge on any atom is 0.234 e. The second-order valence-electron chi connectivity index (χ2n) is 8.43. The van der Waals surface area contributed by atoms with Gasteiger partial charge in [-0.1, -0.05) is 47.2 Å². The Morgan fingerprint density at radius 3 is 2.62 bits per heavy atom. The van der Waals surface area contributed by atoms with E-state index in [1.807, 2.05) is 63.5 Å². The highest BCUT2D eigenvalue weighted by atomic mass is 35.5. The number of anilines is 2. The molecule has 0 bridgehead atoms. The maximum absolute atomic E-state index is 13.7. The number of carbonyl (C=O) groups excluding carboxylic acids is 2. The lowest BCUT2D eigenvalue weighted by Gasteiger charge is -2.24. The summed E-state index contributed by atoms with van der Waals surface area (Å²) in [6, 6.07) is 13.3. The number of para-hydroxylation sites is 1. The van der Waals surface area contributed by atoms with E-state index in [1.165, 1.54) is 11.3 Å². The highest BCUT2D eigenvalue weighted by Gasteiger charge is 2.38. The first-order chi connectivity index (χ1) is 15.3. The number of aromatic nitrogens is 1. The summed E-state index contributed by atoms with van der Waals surface area (Å²) in [7, 11) is 4.03. The first kappa shape index (κ1) is 22.7. The zero-order valence-corrected chi connectivity index (χ0v) is 20.1. The van der Waals surface area contributed by atoms with Crippen molar-refractivity contribution in [1.29, 1.82) is 0 Å². The summed E-state index contributed by atoms with van der Waals surface area (Å²) in [5, 5.41) is 1.28. The first-order valence-electron chi connectivity index (χ1n) is 10.7. The molecule has 2 amide bonds. The molecule has 0 radical (unpaired) electrons. The van der Waals surface area contributed by atoms with Gasteiger partial charge in [0.2, 0.25) is 11.8 Å². The number of aryl methyl sites for hydroxylation is 1. The number of hydrogen-bond donors (Lipinski definition) is 0. The average molecular weight is 471 g/mol. The molecule has 2 heterocycles. The highest BCUT2D eigenvalue weighted by Crippen LogP contribution is 2.37. The summed E-state index contributed by atoms with van der Waals surface area (Å²) in [5.41, 5.74) is 2.68. The number of amides is 2. The van der Waals surface area contributed by atoms with Gasteiger partial charge in [-0.25, -0.2) is 4.98 Å². The molecule has 0 N–H and O–H groups in total. The number of fused-ring (bicyclic) bond motifs is 1. The maximum atomic E-state index is 13.7. The summed E-state index contributed by atoms with van der Waals surface area (Å²) in [6.45, 7) is 3.78. The van der Waals surface area contributed by atoms with Gasteiger partial charge >= 0.3 is 0 Å². The molecular formula is C24H27ClN4O2S. The largest absolute Gasteiger partial charge is 0.312 e. The molecule has 1 atom stereocenters. The van der Waals surface area contributed by atoms with Crippen molar-refractivity contribution < 1.29 is 9.59 Å². The Hall–Kier alpha value is -2.48. The Morgan fingerprint density at radius 1 is 1.19 bits per heavy atom. The number of benzene rings is 2. The molecular weight excluding hydrogens is 444 g/mol. The molecule has 1 fully saturated rings. The fraction of sp³-hybridized carbons (Fsp3) is 0.375. The molecule has 4 rings (SSSR count). The standard InChI is InChI=1S/C24H27ClN4O2S/c1-16-10-11-19(25)22-21(16)26-24(32-22)28(13-7-12-27(2)3)23(31)17-14-20(30)29(15-17)18-8-5-4-6-9-18/h4-6,8-11,17H,7,12-15H2,1-3H3. The van der Waals surface area contributed by atoms with Gasteiger partial charge in [0, 0.05) is 25.2 Å². The fourth-order valence-corrected chi connectivity index (χ4v) is 5.35. The number of carbonyl (C=O) groups is 2. The Kier molecular flexibility index (Phi) is 6.79. The minimum atomic E-state index is -0.398. The van der Waals surface area contributed by atoms with Gasteiger partial charge in [-0.3, -0.25) is 14.5 Å². The van der Waals surface area contributed by atoms with Gasteiger partial charge in [-0.15, -0.1) is 0 Å². The van der Waals surface area contributed by atoms with Crippen molar-refractivity contribution in [3.8, 4) is 0 Å². The van der Waals surface area contributed by atoms with E-state index in [2.05, 4.69) is 4.90 Å². The van der Waals surface area contributed by atoms with Gasteiger partial charge in [0.1, 0.15) is 0 Å². The third kappa shape index (κ3) is 4.65. The van der Waals surface area contributed by atoms with Crippen molar-refractivity contribution in [2.24, 2.45) is 5.92 Å². The second kappa shape index (κ2) is 9.57. The van der Waals surface area contributed by atoms with Crippen molar-refractivity contribution in [2.45, 2.75) is 19.8 Å². The third-order valence-corrected chi connectivity index (χ3v) is 7.25. The van der Waals surface area contributed by atoms with Crippen molar-refractivity contribution in [3.05, 3.63) is 53.1 Å². The SMILES string of the molecule is Cc1ccc(Cl)c2sc(N(CCCN(C)C)C(=O)C3CC(=O)N(c4ccccc4)C3)nc12. The summed E-state index contributed by atoms with van der Waals surface area (Å²) in [6.07, 6.45) is 1.02. The Balaban J connectivity index is 1.62. The van der Waals surface area contributed by atoms with Crippen LogP contribution in [0.15, 0.2) is 42.5 Å². The Morgan fingerprint density at radius 2 is 1.94 bits per heavy atom. The summed E-state index contributed by atoms with van der Waals surface area (Å²) < 4.78 is 0.889. The van der Waals surface area contributed by atoms with Crippen LogP contribution in [0.4, 0.5) is 10.8 Å². The Labute approximate surface area is 197 Å². The van der Waals surface area contributed by atoms with E-state index in [9.17, 15) is 9.59 Å². The molecule has 2 aromatic carbocycles. The van der Waals surface area contributed by atoms with Crippen LogP contribution in [0.1, 0.15) is 18.4 Å². The molecule has 8 heteroatoms. The minimum absolute atomic E-state index is 0.0222. The summed E-state index contributed by atoms with van der Waals surface area (Å²) in [4.78, 5) is 36.7. The van der Waals surface area contributed by atoms with Crippen LogP contribution in [0.3, 0.4) is 0 Å². The lowest BCUT2D eigenvalue weighted by Crippen LogP contribution is -2.39. The molecule has 1 saturated heterocycles. The van der Waals surface area contributed by atoms with Crippen molar-refractivity contribution in [1.82, 2.24) is 9.88 Å². The third-order valence-electron chi connectivity index (χ3n) is 5.71. The van der Waals surface area contributed by atoms with E-state index in [4.69, 9.17) is 16.6 Å². The second-order valence-corrected chi connectivity index (χ2v) is 9.81. The van der Waals surface area contributed by atoms with Crippen LogP contribution in [-0.4, -0.2) is 55.4 Å². The molecule has 1 aliphatic heterocycles. The van der Waals surface area contributed by atoms with Crippen LogP contribution < -0.4 is 9.80 Å². The zero-order chi connectivity index (χ0) is 22.8. The number of hydrogen-bond acceptors (Lipinski definition) is 5. The molecule has 0 spiro atoms.